The summed E-state index contributed by atoms with van der Waals surface area (Å²) in [7, 11) is 0. The molecule has 0 amide bonds. The molecule has 3 heteroatoms. The van der Waals surface area contributed by atoms with Gasteiger partial charge in [0.05, 0.1) is 5.69 Å². The maximum absolute atomic E-state index is 6.19. The molecule has 1 aromatic heterocycles. The van der Waals surface area contributed by atoms with E-state index in [1.54, 1.807) is 0 Å². The van der Waals surface area contributed by atoms with Gasteiger partial charge in [-0.3, -0.25) is 0 Å². The minimum Gasteiger partial charge on any atom is -0.228 e. The van der Waals surface area contributed by atoms with Crippen molar-refractivity contribution in [1.82, 2.24) is 9.97 Å². The Hall–Kier alpha value is -2.19. The molecular weight excluding hydrogens is 280 g/mol. The first kappa shape index (κ1) is 13.8. The smallest absolute Gasteiger partial charge is 0.161 e. The molecule has 104 valence electrons. The molecule has 0 saturated heterocycles. The number of benzene rings is 2. The fourth-order valence-electron chi connectivity index (χ4n) is 2.28. The minimum absolute atomic E-state index is 0.458. The zero-order chi connectivity index (χ0) is 14.8. The van der Waals surface area contributed by atoms with Crippen molar-refractivity contribution in [2.24, 2.45) is 0 Å². The van der Waals surface area contributed by atoms with Crippen LogP contribution in [-0.4, -0.2) is 9.97 Å². The Morgan fingerprint density at radius 3 is 2.38 bits per heavy atom. The number of nitrogens with zero attached hydrogens (tertiary/aromatic N) is 2. The van der Waals surface area contributed by atoms with Crippen LogP contribution < -0.4 is 0 Å². The van der Waals surface area contributed by atoms with Gasteiger partial charge in [0.2, 0.25) is 0 Å². The Labute approximate surface area is 129 Å². The van der Waals surface area contributed by atoms with E-state index in [1.165, 1.54) is 11.1 Å². The van der Waals surface area contributed by atoms with Crippen LogP contribution in [0.5, 0.6) is 0 Å². The number of aryl methyl sites for hydroxylation is 2. The lowest BCUT2D eigenvalue weighted by Crippen LogP contribution is -1.94. The summed E-state index contributed by atoms with van der Waals surface area (Å²) in [5, 5.41) is 0.458. The number of hydrogen-bond donors (Lipinski definition) is 0. The SMILES string of the molecule is Cc1ccc(C)c(-c2cc(Cl)nc(-c3ccccc3)n2)c1. The second-order valence-corrected chi connectivity index (χ2v) is 5.47. The van der Waals surface area contributed by atoms with Crippen molar-refractivity contribution >= 4 is 11.6 Å². The lowest BCUT2D eigenvalue weighted by molar-refractivity contribution is 1.17. The zero-order valence-electron chi connectivity index (χ0n) is 12.0. The molecular formula is C18H15ClN2. The fourth-order valence-corrected chi connectivity index (χ4v) is 2.47. The predicted octanol–water partition coefficient (Wildman–Crippen LogP) is 5.08. The van der Waals surface area contributed by atoms with Crippen molar-refractivity contribution in [1.29, 1.82) is 0 Å². The van der Waals surface area contributed by atoms with E-state index in [-0.39, 0.29) is 0 Å². The maximum Gasteiger partial charge on any atom is 0.161 e. The van der Waals surface area contributed by atoms with Crippen LogP contribution in [-0.2, 0) is 0 Å². The highest BCUT2D eigenvalue weighted by atomic mass is 35.5. The third kappa shape index (κ3) is 2.96. The molecule has 0 atom stereocenters. The van der Waals surface area contributed by atoms with E-state index in [1.807, 2.05) is 36.4 Å². The lowest BCUT2D eigenvalue weighted by atomic mass is 10.0. The number of halogens is 1. The molecule has 0 aliphatic carbocycles. The highest BCUT2D eigenvalue weighted by Gasteiger charge is 2.09. The second kappa shape index (κ2) is 5.66. The summed E-state index contributed by atoms with van der Waals surface area (Å²) >= 11 is 6.19. The lowest BCUT2D eigenvalue weighted by Gasteiger charge is -2.09. The Bertz CT molecular complexity index is 782. The summed E-state index contributed by atoms with van der Waals surface area (Å²) in [6.45, 7) is 4.15. The van der Waals surface area contributed by atoms with E-state index in [9.17, 15) is 0 Å². The van der Waals surface area contributed by atoms with Crippen molar-refractivity contribution in [3.05, 3.63) is 70.9 Å². The van der Waals surface area contributed by atoms with Crippen molar-refractivity contribution in [2.45, 2.75) is 13.8 Å². The van der Waals surface area contributed by atoms with Gasteiger partial charge in [0.1, 0.15) is 5.15 Å². The summed E-state index contributed by atoms with van der Waals surface area (Å²) < 4.78 is 0. The first-order chi connectivity index (χ1) is 10.1. The number of rotatable bonds is 2. The Balaban J connectivity index is 2.16. The molecule has 0 saturated carbocycles. The van der Waals surface area contributed by atoms with Gasteiger partial charge < -0.3 is 0 Å². The van der Waals surface area contributed by atoms with Gasteiger partial charge in [-0.25, -0.2) is 9.97 Å². The van der Waals surface area contributed by atoms with Crippen LogP contribution in [0.4, 0.5) is 0 Å². The Kier molecular flexibility index (Phi) is 3.72. The molecule has 2 nitrogen and oxygen atoms in total. The summed E-state index contributed by atoms with van der Waals surface area (Å²) in [5.41, 5.74) is 5.29. The van der Waals surface area contributed by atoms with Gasteiger partial charge in [-0.2, -0.15) is 0 Å². The quantitative estimate of drug-likeness (QED) is 0.616. The summed E-state index contributed by atoms with van der Waals surface area (Å²) in [4.78, 5) is 9.02. The molecule has 21 heavy (non-hydrogen) atoms. The van der Waals surface area contributed by atoms with E-state index in [0.717, 1.165) is 16.8 Å². The first-order valence-electron chi connectivity index (χ1n) is 6.81. The molecule has 3 rings (SSSR count). The number of hydrogen-bond acceptors (Lipinski definition) is 2. The fraction of sp³-hybridized carbons (Fsp3) is 0.111. The molecule has 0 spiro atoms. The average Bonchev–Trinajstić information content (AvgIpc) is 2.50. The van der Waals surface area contributed by atoms with Crippen LogP contribution in [0.25, 0.3) is 22.6 Å². The van der Waals surface area contributed by atoms with Crippen molar-refractivity contribution < 1.29 is 0 Å². The van der Waals surface area contributed by atoms with Crippen LogP contribution in [0, 0.1) is 13.8 Å². The molecule has 0 radical (unpaired) electrons. The van der Waals surface area contributed by atoms with Crippen LogP contribution >= 0.6 is 11.6 Å². The first-order valence-corrected chi connectivity index (χ1v) is 7.19. The molecule has 0 aliphatic rings. The van der Waals surface area contributed by atoms with Gasteiger partial charge in [-0.1, -0.05) is 59.6 Å². The van der Waals surface area contributed by atoms with Crippen LogP contribution in [0.1, 0.15) is 11.1 Å². The maximum atomic E-state index is 6.19. The van der Waals surface area contributed by atoms with Gasteiger partial charge in [0, 0.05) is 17.2 Å². The minimum atomic E-state index is 0.458. The standard InChI is InChI=1S/C18H15ClN2/c1-12-8-9-13(2)15(10-12)16-11-17(19)21-18(20-16)14-6-4-3-5-7-14/h3-11H,1-2H3. The van der Waals surface area contributed by atoms with Crippen LogP contribution in [0.15, 0.2) is 54.6 Å². The molecule has 0 fully saturated rings. The molecule has 2 aromatic carbocycles. The Morgan fingerprint density at radius 2 is 1.62 bits per heavy atom. The van der Waals surface area contributed by atoms with Gasteiger partial charge >= 0.3 is 0 Å². The predicted molar refractivity (Wildman–Crippen MR) is 87.4 cm³/mol. The van der Waals surface area contributed by atoms with Crippen LogP contribution in [0.3, 0.4) is 0 Å². The second-order valence-electron chi connectivity index (χ2n) is 5.08. The van der Waals surface area contributed by atoms with E-state index in [2.05, 4.69) is 42.0 Å². The third-order valence-corrected chi connectivity index (χ3v) is 3.59. The van der Waals surface area contributed by atoms with E-state index < -0.39 is 0 Å². The molecule has 3 aromatic rings. The number of aromatic nitrogens is 2. The van der Waals surface area contributed by atoms with Crippen molar-refractivity contribution in [3.63, 3.8) is 0 Å². The van der Waals surface area contributed by atoms with E-state index in [0.29, 0.717) is 11.0 Å². The zero-order valence-corrected chi connectivity index (χ0v) is 12.7. The molecule has 0 bridgehead atoms. The monoisotopic (exact) mass is 294 g/mol. The summed E-state index contributed by atoms with van der Waals surface area (Å²) in [6.07, 6.45) is 0. The normalized spacial score (nSPS) is 10.6. The third-order valence-electron chi connectivity index (χ3n) is 3.40. The highest BCUT2D eigenvalue weighted by Crippen LogP contribution is 2.27. The van der Waals surface area contributed by atoms with Gasteiger partial charge in [0.25, 0.3) is 0 Å². The van der Waals surface area contributed by atoms with Crippen molar-refractivity contribution in [2.75, 3.05) is 0 Å². The highest BCUT2D eigenvalue weighted by molar-refractivity contribution is 6.29. The molecule has 0 unspecified atom stereocenters. The summed E-state index contributed by atoms with van der Waals surface area (Å²) in [6, 6.07) is 18.0. The van der Waals surface area contributed by atoms with Gasteiger partial charge in [0.15, 0.2) is 5.82 Å². The largest absolute Gasteiger partial charge is 0.228 e. The topological polar surface area (TPSA) is 25.8 Å². The van der Waals surface area contributed by atoms with Gasteiger partial charge in [-0.05, 0) is 25.5 Å². The van der Waals surface area contributed by atoms with Crippen molar-refractivity contribution in [3.8, 4) is 22.6 Å². The molecule has 1 heterocycles. The Morgan fingerprint density at radius 1 is 0.857 bits per heavy atom. The van der Waals surface area contributed by atoms with Crippen LogP contribution in [0.2, 0.25) is 5.15 Å². The van der Waals surface area contributed by atoms with Gasteiger partial charge in [-0.15, -0.1) is 0 Å². The van der Waals surface area contributed by atoms with E-state index >= 15 is 0 Å². The average molecular weight is 295 g/mol. The van der Waals surface area contributed by atoms with E-state index in [4.69, 9.17) is 11.6 Å². The molecule has 0 N–H and O–H groups in total. The molecule has 0 aliphatic heterocycles. The summed E-state index contributed by atoms with van der Waals surface area (Å²) in [5.74, 6) is 0.652.